The first-order chi connectivity index (χ1) is 12.9. The number of carbonyl (C=O) groups is 2. The number of H-pyrrole nitrogens is 1. The molecule has 27 heavy (non-hydrogen) atoms. The van der Waals surface area contributed by atoms with Gasteiger partial charge in [-0.3, -0.25) is 14.2 Å². The lowest BCUT2D eigenvalue weighted by Crippen LogP contribution is -2.42. The van der Waals surface area contributed by atoms with Gasteiger partial charge in [-0.25, -0.2) is 4.79 Å². The second-order valence-electron chi connectivity index (χ2n) is 7.45. The van der Waals surface area contributed by atoms with Gasteiger partial charge in [0.15, 0.2) is 0 Å². The van der Waals surface area contributed by atoms with Crippen LogP contribution < -0.4 is 11.0 Å². The number of nitrogens with zero attached hydrogens (tertiary/aromatic N) is 1. The van der Waals surface area contributed by atoms with Crippen molar-refractivity contribution in [2.45, 2.75) is 58.4 Å². The van der Waals surface area contributed by atoms with Crippen LogP contribution >= 0.6 is 0 Å². The molecule has 1 aromatic heterocycles. The molecule has 0 saturated heterocycles. The van der Waals surface area contributed by atoms with E-state index in [1.165, 1.54) is 0 Å². The number of rotatable bonds is 7. The maximum atomic E-state index is 12.5. The highest BCUT2D eigenvalue weighted by Gasteiger charge is 2.35. The van der Waals surface area contributed by atoms with E-state index in [0.717, 1.165) is 31.2 Å². The smallest absolute Gasteiger partial charge is 0.326 e. The van der Waals surface area contributed by atoms with Gasteiger partial charge in [-0.05, 0) is 43.9 Å². The molecule has 1 fully saturated rings. The van der Waals surface area contributed by atoms with Crippen molar-refractivity contribution in [2.24, 2.45) is 5.41 Å². The monoisotopic (exact) mass is 373 g/mol. The Hall–Kier alpha value is -2.57. The summed E-state index contributed by atoms with van der Waals surface area (Å²) < 4.78 is 1.80. The second-order valence-corrected chi connectivity index (χ2v) is 7.45. The number of hydrogen-bond donors (Lipinski definition) is 3. The van der Waals surface area contributed by atoms with Crippen LogP contribution in [-0.2, 0) is 4.79 Å². The molecule has 0 spiro atoms. The lowest BCUT2D eigenvalue weighted by Gasteiger charge is -2.26. The molecule has 1 saturated carbocycles. The average Bonchev–Trinajstić information content (AvgIpc) is 3.28. The molecule has 1 aliphatic carbocycles. The van der Waals surface area contributed by atoms with Crippen molar-refractivity contribution in [3.8, 4) is 0 Å². The third-order valence-corrected chi connectivity index (χ3v) is 6.06. The number of nitrogens with one attached hydrogen (secondary N) is 2. The molecule has 1 heterocycles. The Kier molecular flexibility index (Phi) is 5.39. The zero-order chi connectivity index (χ0) is 19.6. The van der Waals surface area contributed by atoms with Crippen LogP contribution in [0.25, 0.3) is 11.0 Å². The Bertz CT molecular complexity index is 902. The minimum Gasteiger partial charge on any atom is -0.481 e. The standard InChI is InChI=1S/C20H27N3O4/c1-3-20(4-2,18(25)26)12-21-17(24)13-9-10-16-15(11-13)22-19(27)23(16)14-7-5-6-8-14/h9-11,14H,3-8,12H2,1-2H3,(H,21,24)(H,22,27)(H,25,26). The number of carbonyl (C=O) groups excluding carboxylic acids is 1. The van der Waals surface area contributed by atoms with Gasteiger partial charge < -0.3 is 15.4 Å². The van der Waals surface area contributed by atoms with Gasteiger partial charge in [-0.1, -0.05) is 26.7 Å². The molecule has 146 valence electrons. The quantitative estimate of drug-likeness (QED) is 0.694. The summed E-state index contributed by atoms with van der Waals surface area (Å²) in [7, 11) is 0. The van der Waals surface area contributed by atoms with Crippen LogP contribution in [-0.4, -0.2) is 33.1 Å². The van der Waals surface area contributed by atoms with Gasteiger partial charge in [0, 0.05) is 18.2 Å². The maximum Gasteiger partial charge on any atom is 0.326 e. The molecule has 1 amide bonds. The normalized spacial score (nSPS) is 15.3. The summed E-state index contributed by atoms with van der Waals surface area (Å²) in [6.45, 7) is 3.70. The average molecular weight is 373 g/mol. The predicted molar refractivity (Wildman–Crippen MR) is 103 cm³/mol. The van der Waals surface area contributed by atoms with Gasteiger partial charge in [0.1, 0.15) is 0 Å². The van der Waals surface area contributed by atoms with E-state index in [2.05, 4.69) is 10.3 Å². The molecule has 0 atom stereocenters. The third kappa shape index (κ3) is 3.50. The summed E-state index contributed by atoms with van der Waals surface area (Å²) in [6, 6.07) is 5.37. The number of aromatic amines is 1. The molecule has 0 radical (unpaired) electrons. The molecule has 1 aliphatic rings. The van der Waals surface area contributed by atoms with Crippen molar-refractivity contribution in [2.75, 3.05) is 6.54 Å². The van der Waals surface area contributed by atoms with Crippen LogP contribution in [0.4, 0.5) is 0 Å². The fourth-order valence-corrected chi connectivity index (χ4v) is 4.03. The summed E-state index contributed by atoms with van der Waals surface area (Å²) in [5, 5.41) is 12.2. The first-order valence-corrected chi connectivity index (χ1v) is 9.67. The van der Waals surface area contributed by atoms with E-state index in [0.29, 0.717) is 23.9 Å². The zero-order valence-corrected chi connectivity index (χ0v) is 15.9. The van der Waals surface area contributed by atoms with E-state index in [-0.39, 0.29) is 24.2 Å². The Morgan fingerprint density at radius 3 is 2.52 bits per heavy atom. The Morgan fingerprint density at radius 1 is 1.26 bits per heavy atom. The first-order valence-electron chi connectivity index (χ1n) is 9.67. The maximum absolute atomic E-state index is 12.5. The molecule has 3 N–H and O–H groups in total. The van der Waals surface area contributed by atoms with Crippen molar-refractivity contribution in [3.63, 3.8) is 0 Å². The summed E-state index contributed by atoms with van der Waals surface area (Å²) in [5.41, 5.74) is 0.755. The molecule has 0 bridgehead atoms. The Morgan fingerprint density at radius 2 is 1.93 bits per heavy atom. The number of carboxylic acid groups (broad SMARTS) is 1. The predicted octanol–water partition coefficient (Wildman–Crippen LogP) is 3.07. The van der Waals surface area contributed by atoms with Gasteiger partial charge in [-0.15, -0.1) is 0 Å². The van der Waals surface area contributed by atoms with E-state index in [4.69, 9.17) is 0 Å². The van der Waals surface area contributed by atoms with Crippen molar-refractivity contribution in [1.82, 2.24) is 14.9 Å². The topological polar surface area (TPSA) is 104 Å². The van der Waals surface area contributed by atoms with Crippen LogP contribution in [0.3, 0.4) is 0 Å². The third-order valence-electron chi connectivity index (χ3n) is 6.06. The van der Waals surface area contributed by atoms with Crippen LogP contribution in [0.1, 0.15) is 68.8 Å². The molecule has 3 rings (SSSR count). The highest BCUT2D eigenvalue weighted by molar-refractivity contribution is 5.97. The molecule has 0 unspecified atom stereocenters. The minimum absolute atomic E-state index is 0.0752. The number of aliphatic carboxylic acids is 1. The SMILES string of the molecule is CCC(CC)(CNC(=O)c1ccc2c(c1)[nH]c(=O)n2C1CCCC1)C(=O)O. The Labute approximate surface area is 157 Å². The molecular formula is C20H27N3O4. The van der Waals surface area contributed by atoms with Crippen molar-refractivity contribution in [1.29, 1.82) is 0 Å². The molecule has 2 aromatic rings. The summed E-state index contributed by atoms with van der Waals surface area (Å²) in [4.78, 5) is 39.3. The number of hydrogen-bond acceptors (Lipinski definition) is 3. The van der Waals surface area contributed by atoms with E-state index >= 15 is 0 Å². The fraction of sp³-hybridized carbons (Fsp3) is 0.550. The number of imidazole rings is 1. The van der Waals surface area contributed by atoms with Crippen molar-refractivity contribution >= 4 is 22.9 Å². The Balaban J connectivity index is 1.82. The van der Waals surface area contributed by atoms with Crippen LogP contribution in [0, 0.1) is 5.41 Å². The van der Waals surface area contributed by atoms with E-state index in [1.54, 1.807) is 22.8 Å². The van der Waals surface area contributed by atoms with Gasteiger partial charge in [0.2, 0.25) is 0 Å². The number of fused-ring (bicyclic) bond motifs is 1. The fourth-order valence-electron chi connectivity index (χ4n) is 4.03. The minimum atomic E-state index is -0.958. The number of amides is 1. The molecule has 1 aromatic carbocycles. The summed E-state index contributed by atoms with van der Waals surface area (Å²) in [5.74, 6) is -1.24. The van der Waals surface area contributed by atoms with Gasteiger partial charge >= 0.3 is 11.7 Å². The van der Waals surface area contributed by atoms with Crippen LogP contribution in [0.5, 0.6) is 0 Å². The molecule has 0 aliphatic heterocycles. The first kappa shape index (κ1) is 19.2. The zero-order valence-electron chi connectivity index (χ0n) is 15.9. The number of aromatic nitrogens is 2. The van der Waals surface area contributed by atoms with E-state index < -0.39 is 11.4 Å². The number of carboxylic acids is 1. The van der Waals surface area contributed by atoms with Crippen molar-refractivity contribution in [3.05, 3.63) is 34.2 Å². The van der Waals surface area contributed by atoms with E-state index in [1.807, 2.05) is 13.8 Å². The lowest BCUT2D eigenvalue weighted by atomic mass is 9.82. The molecule has 7 nitrogen and oxygen atoms in total. The van der Waals surface area contributed by atoms with E-state index in [9.17, 15) is 19.5 Å². The highest BCUT2D eigenvalue weighted by Crippen LogP contribution is 2.31. The van der Waals surface area contributed by atoms with Crippen LogP contribution in [0.2, 0.25) is 0 Å². The molecule has 7 heteroatoms. The lowest BCUT2D eigenvalue weighted by molar-refractivity contribution is -0.149. The van der Waals surface area contributed by atoms with Gasteiger partial charge in [0.05, 0.1) is 16.4 Å². The van der Waals surface area contributed by atoms with Gasteiger partial charge in [-0.2, -0.15) is 0 Å². The van der Waals surface area contributed by atoms with Gasteiger partial charge in [0.25, 0.3) is 5.91 Å². The largest absolute Gasteiger partial charge is 0.481 e. The summed E-state index contributed by atoms with van der Waals surface area (Å²) >= 11 is 0. The molecular weight excluding hydrogens is 346 g/mol. The highest BCUT2D eigenvalue weighted by atomic mass is 16.4. The van der Waals surface area contributed by atoms with Crippen LogP contribution in [0.15, 0.2) is 23.0 Å². The van der Waals surface area contributed by atoms with Crippen molar-refractivity contribution < 1.29 is 14.7 Å². The number of benzene rings is 1. The second kappa shape index (κ2) is 7.58. The summed E-state index contributed by atoms with van der Waals surface area (Å²) in [6.07, 6.45) is 5.14.